The maximum Gasteiger partial charge on any atom is 0.191 e. The highest BCUT2D eigenvalue weighted by Gasteiger charge is 2.16. The standard InChI is InChI=1S/C24H26N4O2S2/c1-4-5-14-28-22(17-10-12-19(29-2)13-11-17)26-27-24(28)32-16-18-15-31-23(25-18)20-8-6-7-9-21(20)30-3/h6-13,15H,4-5,14,16H2,1-3H3. The summed E-state index contributed by atoms with van der Waals surface area (Å²) in [6.07, 6.45) is 2.18. The molecule has 8 heteroatoms. The zero-order valence-electron chi connectivity index (χ0n) is 18.4. The Kier molecular flexibility index (Phi) is 7.44. The van der Waals surface area contributed by atoms with Gasteiger partial charge in [-0.1, -0.05) is 37.2 Å². The summed E-state index contributed by atoms with van der Waals surface area (Å²) in [5.41, 5.74) is 3.08. The molecule has 0 spiro atoms. The number of methoxy groups -OCH3 is 2. The van der Waals surface area contributed by atoms with Crippen molar-refractivity contribution in [2.45, 2.75) is 37.2 Å². The molecule has 0 aliphatic heterocycles. The predicted molar refractivity (Wildman–Crippen MR) is 131 cm³/mol. The van der Waals surface area contributed by atoms with Gasteiger partial charge in [-0.25, -0.2) is 4.98 Å². The molecule has 0 unspecified atom stereocenters. The Hall–Kier alpha value is -2.84. The minimum Gasteiger partial charge on any atom is -0.497 e. The minimum absolute atomic E-state index is 0.735. The molecule has 0 saturated heterocycles. The third-order valence-electron chi connectivity index (χ3n) is 5.04. The van der Waals surface area contributed by atoms with Crippen LogP contribution in [0.1, 0.15) is 25.5 Å². The maximum absolute atomic E-state index is 5.48. The number of thioether (sulfide) groups is 1. The van der Waals surface area contributed by atoms with Crippen molar-refractivity contribution in [3.8, 4) is 33.5 Å². The quantitative estimate of drug-likeness (QED) is 0.260. The lowest BCUT2D eigenvalue weighted by Crippen LogP contribution is -2.03. The van der Waals surface area contributed by atoms with Gasteiger partial charge in [0.1, 0.15) is 16.5 Å². The molecule has 4 aromatic rings. The fourth-order valence-corrected chi connectivity index (χ4v) is 5.14. The molecule has 0 amide bonds. The van der Waals surface area contributed by atoms with E-state index in [0.717, 1.165) is 69.4 Å². The second kappa shape index (κ2) is 10.7. The molecule has 0 N–H and O–H groups in total. The summed E-state index contributed by atoms with van der Waals surface area (Å²) in [6.45, 7) is 3.08. The molecule has 0 radical (unpaired) electrons. The van der Waals surface area contributed by atoms with Gasteiger partial charge in [0.2, 0.25) is 0 Å². The van der Waals surface area contributed by atoms with Gasteiger partial charge in [0.05, 0.1) is 25.5 Å². The lowest BCUT2D eigenvalue weighted by molar-refractivity contribution is 0.415. The van der Waals surface area contributed by atoms with Crippen LogP contribution in [0.25, 0.3) is 22.0 Å². The summed E-state index contributed by atoms with van der Waals surface area (Å²) in [4.78, 5) is 4.83. The van der Waals surface area contributed by atoms with Gasteiger partial charge in [0.25, 0.3) is 0 Å². The van der Waals surface area contributed by atoms with Crippen LogP contribution in [0.2, 0.25) is 0 Å². The van der Waals surface area contributed by atoms with Gasteiger partial charge >= 0.3 is 0 Å². The number of unbranched alkanes of at least 4 members (excludes halogenated alkanes) is 1. The first kappa shape index (κ1) is 22.4. The molecule has 0 atom stereocenters. The van der Waals surface area contributed by atoms with Gasteiger partial charge in [-0.15, -0.1) is 21.5 Å². The van der Waals surface area contributed by atoms with Crippen LogP contribution in [0.5, 0.6) is 11.5 Å². The summed E-state index contributed by atoms with van der Waals surface area (Å²) in [5, 5.41) is 13.0. The van der Waals surface area contributed by atoms with E-state index in [0.29, 0.717) is 0 Å². The van der Waals surface area contributed by atoms with E-state index in [4.69, 9.17) is 14.5 Å². The Morgan fingerprint density at radius 3 is 2.56 bits per heavy atom. The molecule has 2 aromatic carbocycles. The Labute approximate surface area is 196 Å². The molecule has 0 fully saturated rings. The number of benzene rings is 2. The highest BCUT2D eigenvalue weighted by atomic mass is 32.2. The van der Waals surface area contributed by atoms with E-state index in [9.17, 15) is 0 Å². The number of nitrogens with zero attached hydrogens (tertiary/aromatic N) is 4. The van der Waals surface area contributed by atoms with Crippen LogP contribution < -0.4 is 9.47 Å². The fraction of sp³-hybridized carbons (Fsp3) is 0.292. The third kappa shape index (κ3) is 4.97. The Morgan fingerprint density at radius 1 is 1.00 bits per heavy atom. The van der Waals surface area contributed by atoms with Crippen molar-refractivity contribution in [2.24, 2.45) is 0 Å². The van der Waals surface area contributed by atoms with Crippen LogP contribution in [-0.2, 0) is 12.3 Å². The first-order valence-electron chi connectivity index (χ1n) is 10.5. The molecule has 0 aliphatic rings. The van der Waals surface area contributed by atoms with Crippen molar-refractivity contribution < 1.29 is 9.47 Å². The van der Waals surface area contributed by atoms with Crippen LogP contribution in [0.3, 0.4) is 0 Å². The topological polar surface area (TPSA) is 62.1 Å². The average Bonchev–Trinajstić information content (AvgIpc) is 3.48. The highest BCUT2D eigenvalue weighted by molar-refractivity contribution is 7.98. The van der Waals surface area contributed by atoms with E-state index in [1.54, 1.807) is 37.3 Å². The number of para-hydroxylation sites is 1. The summed E-state index contributed by atoms with van der Waals surface area (Å²) >= 11 is 3.30. The molecule has 0 bridgehead atoms. The molecule has 166 valence electrons. The van der Waals surface area contributed by atoms with Crippen LogP contribution in [0.15, 0.2) is 59.1 Å². The van der Waals surface area contributed by atoms with Gasteiger partial charge in [0, 0.05) is 23.2 Å². The first-order chi connectivity index (χ1) is 15.7. The molecule has 2 aromatic heterocycles. The fourth-order valence-electron chi connectivity index (χ4n) is 3.32. The normalized spacial score (nSPS) is 11.0. The van der Waals surface area contributed by atoms with Crippen molar-refractivity contribution in [1.29, 1.82) is 0 Å². The van der Waals surface area contributed by atoms with Crippen molar-refractivity contribution >= 4 is 23.1 Å². The number of hydrogen-bond donors (Lipinski definition) is 0. The Morgan fingerprint density at radius 2 is 1.81 bits per heavy atom. The molecule has 6 nitrogen and oxygen atoms in total. The van der Waals surface area contributed by atoms with Crippen molar-refractivity contribution in [3.05, 3.63) is 59.6 Å². The number of rotatable bonds is 10. The van der Waals surface area contributed by atoms with Crippen molar-refractivity contribution in [3.63, 3.8) is 0 Å². The molecule has 2 heterocycles. The largest absolute Gasteiger partial charge is 0.497 e. The Balaban J connectivity index is 1.53. The van der Waals surface area contributed by atoms with Gasteiger partial charge in [0.15, 0.2) is 11.0 Å². The zero-order chi connectivity index (χ0) is 22.3. The van der Waals surface area contributed by atoms with E-state index in [1.807, 2.05) is 48.5 Å². The number of aromatic nitrogens is 4. The van der Waals surface area contributed by atoms with Gasteiger partial charge in [-0.3, -0.25) is 0 Å². The molecule has 0 aliphatic carbocycles. The lowest BCUT2D eigenvalue weighted by Gasteiger charge is -2.10. The molecular formula is C24H26N4O2S2. The van der Waals surface area contributed by atoms with Crippen molar-refractivity contribution in [1.82, 2.24) is 19.7 Å². The van der Waals surface area contributed by atoms with Crippen LogP contribution in [0, 0.1) is 0 Å². The van der Waals surface area contributed by atoms with E-state index in [-0.39, 0.29) is 0 Å². The average molecular weight is 467 g/mol. The third-order valence-corrected chi connectivity index (χ3v) is 6.96. The van der Waals surface area contributed by atoms with E-state index >= 15 is 0 Å². The maximum atomic E-state index is 5.48. The van der Waals surface area contributed by atoms with E-state index in [1.165, 1.54) is 0 Å². The summed E-state index contributed by atoms with van der Waals surface area (Å²) in [5.74, 6) is 3.29. The monoisotopic (exact) mass is 466 g/mol. The minimum atomic E-state index is 0.735. The summed E-state index contributed by atoms with van der Waals surface area (Å²) < 4.78 is 13.0. The van der Waals surface area contributed by atoms with E-state index < -0.39 is 0 Å². The Bertz CT molecular complexity index is 1160. The van der Waals surface area contributed by atoms with Gasteiger partial charge in [-0.05, 0) is 42.8 Å². The van der Waals surface area contributed by atoms with Gasteiger partial charge in [-0.2, -0.15) is 0 Å². The zero-order valence-corrected chi connectivity index (χ0v) is 20.1. The predicted octanol–water partition coefficient (Wildman–Crippen LogP) is 6.18. The smallest absolute Gasteiger partial charge is 0.191 e. The molecule has 0 saturated carbocycles. The summed E-state index contributed by atoms with van der Waals surface area (Å²) in [6, 6.07) is 15.9. The molecular weight excluding hydrogens is 440 g/mol. The highest BCUT2D eigenvalue weighted by Crippen LogP contribution is 2.34. The number of hydrogen-bond acceptors (Lipinski definition) is 7. The van der Waals surface area contributed by atoms with Crippen LogP contribution in [-0.4, -0.2) is 34.0 Å². The SMILES string of the molecule is CCCCn1c(SCc2csc(-c3ccccc3OC)n2)nnc1-c1ccc(OC)cc1. The summed E-state index contributed by atoms with van der Waals surface area (Å²) in [7, 11) is 3.36. The molecule has 4 rings (SSSR count). The second-order valence-electron chi connectivity index (χ2n) is 7.17. The van der Waals surface area contributed by atoms with Crippen molar-refractivity contribution in [2.75, 3.05) is 14.2 Å². The molecule has 32 heavy (non-hydrogen) atoms. The van der Waals surface area contributed by atoms with E-state index in [2.05, 4.69) is 27.1 Å². The second-order valence-corrected chi connectivity index (χ2v) is 8.97. The first-order valence-corrected chi connectivity index (χ1v) is 12.4. The lowest BCUT2D eigenvalue weighted by atomic mass is 10.2. The van der Waals surface area contributed by atoms with Crippen LogP contribution in [0.4, 0.5) is 0 Å². The number of ether oxygens (including phenoxy) is 2. The number of thiazole rings is 1. The van der Waals surface area contributed by atoms with Crippen LogP contribution >= 0.6 is 23.1 Å². The van der Waals surface area contributed by atoms with Gasteiger partial charge < -0.3 is 14.0 Å².